The van der Waals surface area contributed by atoms with E-state index >= 15 is 0 Å². The van der Waals surface area contributed by atoms with E-state index in [1.807, 2.05) is 97.1 Å². The van der Waals surface area contributed by atoms with Gasteiger partial charge < -0.3 is 14.1 Å². The Balaban J connectivity index is 0.000000118. The summed E-state index contributed by atoms with van der Waals surface area (Å²) in [5.41, 5.74) is 15.2. The molecule has 0 aliphatic rings. The second-order valence-electron chi connectivity index (χ2n) is 26.4. The number of aromatic nitrogens is 10. The quantitative estimate of drug-likeness (QED) is 0.170. The van der Waals surface area contributed by atoms with Crippen LogP contribution in [0.15, 0.2) is 352 Å². The lowest BCUT2D eigenvalue weighted by Gasteiger charge is -2.12. The third-order valence-electron chi connectivity index (χ3n) is 20.2. The minimum absolute atomic E-state index is 0.202. The molecule has 0 atom stereocenters. The number of para-hydroxylation sites is 2. The van der Waals surface area contributed by atoms with Gasteiger partial charge in [-0.3, -0.25) is 4.57 Å². The van der Waals surface area contributed by atoms with Gasteiger partial charge in [-0.15, -0.1) is 0 Å². The molecule has 6 aromatic heterocycles. The lowest BCUT2D eigenvalue weighted by molar-refractivity contribution is 0.954. The van der Waals surface area contributed by atoms with E-state index in [0.717, 1.165) is 60.6 Å². The van der Waals surface area contributed by atoms with Crippen LogP contribution in [0, 0.1) is 0 Å². The van der Waals surface area contributed by atoms with Crippen molar-refractivity contribution in [3.8, 4) is 62.9 Å². The van der Waals surface area contributed by atoms with Crippen molar-refractivity contribution in [2.24, 2.45) is 0 Å². The van der Waals surface area contributed by atoms with Gasteiger partial charge in [-0.25, -0.2) is 9.97 Å². The molecule has 0 amide bonds. The summed E-state index contributed by atoms with van der Waals surface area (Å²) in [4.78, 5) is 32.0. The van der Waals surface area contributed by atoms with Crippen LogP contribution in [0.5, 0.6) is 0 Å². The average Bonchev–Trinajstić information content (AvgIpc) is 1.55. The second kappa shape index (κ2) is 25.3. The van der Waals surface area contributed by atoms with Gasteiger partial charge in [-0.2, -0.15) is 19.9 Å². The largest absolute Gasteiger partial charge is 0.354 e. The Bertz CT molecular complexity index is 7020. The number of aromatic amines is 1. The number of nitrogens with one attached hydrogen (secondary N) is 1. The van der Waals surface area contributed by atoms with Crippen LogP contribution in [0.1, 0.15) is 0 Å². The number of hydrogen-bond donors (Lipinski definition) is 1. The minimum atomic E-state index is 0.202. The van der Waals surface area contributed by atoms with Crippen LogP contribution in [-0.2, 0) is 0 Å². The molecule has 16 aromatic carbocycles. The van der Waals surface area contributed by atoms with Crippen molar-refractivity contribution in [3.63, 3.8) is 0 Å². The Kier molecular flexibility index (Phi) is 14.7. The number of hydrogen-bond acceptors (Lipinski definition) is 6. The van der Waals surface area contributed by atoms with Crippen LogP contribution < -0.4 is 0 Å². The smallest absolute Gasteiger partial charge is 0.238 e. The lowest BCUT2D eigenvalue weighted by atomic mass is 10.0. The van der Waals surface area contributed by atoms with Gasteiger partial charge in [0.25, 0.3) is 0 Å². The van der Waals surface area contributed by atoms with Crippen LogP contribution in [-0.4, -0.2) is 48.6 Å². The molecule has 6 heterocycles. The molecule has 10 nitrogen and oxygen atoms in total. The van der Waals surface area contributed by atoms with Crippen LogP contribution in [0.25, 0.3) is 193 Å². The van der Waals surface area contributed by atoms with Gasteiger partial charge in [0, 0.05) is 87.8 Å². The number of nitrogens with zero attached hydrogens (tertiary/aromatic N) is 9. The maximum atomic E-state index is 5.99. The predicted octanol–water partition coefficient (Wildman–Crippen LogP) is 24.3. The summed E-state index contributed by atoms with van der Waals surface area (Å²) < 4.78 is 7.04. The van der Waals surface area contributed by atoms with Gasteiger partial charge in [0.2, 0.25) is 11.2 Å². The zero-order valence-electron chi connectivity index (χ0n) is 56.4. The van der Waals surface area contributed by atoms with Crippen LogP contribution in [0.3, 0.4) is 0 Å². The second-order valence-corrected chi connectivity index (χ2v) is 26.8. The molecule has 0 bridgehead atoms. The molecule has 22 aromatic rings. The molecule has 11 heteroatoms. The maximum Gasteiger partial charge on any atom is 0.238 e. The first kappa shape index (κ1) is 61.0. The van der Waals surface area contributed by atoms with E-state index < -0.39 is 0 Å². The third-order valence-corrected chi connectivity index (χ3v) is 20.4. The Morgan fingerprint density at radius 1 is 0.219 bits per heavy atom. The van der Waals surface area contributed by atoms with Crippen LogP contribution >= 0.6 is 11.6 Å². The molecule has 492 valence electrons. The zero-order valence-corrected chi connectivity index (χ0v) is 57.1. The van der Waals surface area contributed by atoms with E-state index in [2.05, 4.69) is 288 Å². The average molecular weight is 1360 g/mol. The first-order valence-electron chi connectivity index (χ1n) is 35.1. The summed E-state index contributed by atoms with van der Waals surface area (Å²) in [6, 6.07) is 123. The van der Waals surface area contributed by atoms with Gasteiger partial charge in [-0.05, 0) is 140 Å². The summed E-state index contributed by atoms with van der Waals surface area (Å²) >= 11 is 5.99. The van der Waals surface area contributed by atoms with E-state index in [4.69, 9.17) is 26.6 Å². The molecular formula is C94H59ClN10. The van der Waals surface area contributed by atoms with Gasteiger partial charge in [0.15, 0.2) is 23.3 Å². The highest BCUT2D eigenvalue weighted by Crippen LogP contribution is 2.45. The van der Waals surface area contributed by atoms with Crippen molar-refractivity contribution in [2.45, 2.75) is 0 Å². The molecule has 0 unspecified atom stereocenters. The first-order chi connectivity index (χ1) is 52.0. The van der Waals surface area contributed by atoms with Gasteiger partial charge in [-0.1, -0.05) is 267 Å². The van der Waals surface area contributed by atoms with Crippen molar-refractivity contribution >= 4 is 142 Å². The third kappa shape index (κ3) is 10.7. The summed E-state index contributed by atoms with van der Waals surface area (Å²) in [5, 5.41) is 20.0. The molecule has 0 spiro atoms. The van der Waals surface area contributed by atoms with E-state index in [1.165, 1.54) is 103 Å². The number of rotatable bonds is 7. The fraction of sp³-hybridized carbons (Fsp3) is 0. The number of H-pyrrole nitrogens is 1. The Morgan fingerprint density at radius 2 is 0.552 bits per heavy atom. The monoisotopic (exact) mass is 1360 g/mol. The van der Waals surface area contributed by atoms with Gasteiger partial charge in [0.1, 0.15) is 0 Å². The molecular weight excluding hydrogens is 1300 g/mol. The number of halogens is 1. The highest BCUT2D eigenvalue weighted by molar-refractivity contribution is 6.29. The number of benzene rings is 16. The molecule has 105 heavy (non-hydrogen) atoms. The molecule has 0 aliphatic carbocycles. The maximum absolute atomic E-state index is 5.99. The molecule has 0 saturated heterocycles. The summed E-state index contributed by atoms with van der Waals surface area (Å²) in [5.74, 6) is 3.01. The summed E-state index contributed by atoms with van der Waals surface area (Å²) in [6.45, 7) is 0. The normalized spacial score (nSPS) is 11.7. The number of fused-ring (bicyclic) bond motifs is 18. The Hall–Kier alpha value is -13.9. The summed E-state index contributed by atoms with van der Waals surface area (Å²) in [6.07, 6.45) is 0. The molecule has 0 aliphatic heterocycles. The van der Waals surface area contributed by atoms with Gasteiger partial charge in [0.05, 0.1) is 33.1 Å². The van der Waals surface area contributed by atoms with Crippen LogP contribution in [0.4, 0.5) is 0 Å². The molecule has 0 saturated carbocycles. The Morgan fingerprint density at radius 3 is 1.03 bits per heavy atom. The van der Waals surface area contributed by atoms with Gasteiger partial charge >= 0.3 is 0 Å². The molecule has 1 N–H and O–H groups in total. The van der Waals surface area contributed by atoms with Crippen molar-refractivity contribution in [3.05, 3.63) is 357 Å². The van der Waals surface area contributed by atoms with E-state index in [0.29, 0.717) is 29.2 Å². The van der Waals surface area contributed by atoms with Crippen molar-refractivity contribution in [1.29, 1.82) is 0 Å². The lowest BCUT2D eigenvalue weighted by Crippen LogP contribution is -2.06. The standard InChI is InChI=1S/C47H29N5.C32H20N2.C15H10ClN3/c1-4-15-31(16-5-1)45-48-46(32-17-6-2-7-18-32)50-47(49-45)52-41-27-34-20-11-10-19-33(34)26-37(41)38-28-39-43(29-42(38)52)51(35-21-8-3-9-22-35)40-25-24-30-14-12-13-23-36(30)44(39)40;1-2-11-23(12-3-1)34-30-15-14-20-8-6-7-13-24(20)32(30)27-18-26-25-16-21-9-4-5-10-22(21)17-28(25)33-29(26)19-31(27)34;16-15-18-13(11-7-3-1-4-8-11)17-14(19-15)12-9-5-2-6-10-12/h1-29H;1-19,33H;1-10H. The van der Waals surface area contributed by atoms with Crippen molar-refractivity contribution < 1.29 is 0 Å². The molecule has 22 rings (SSSR count). The zero-order chi connectivity index (χ0) is 69.5. The minimum Gasteiger partial charge on any atom is -0.354 e. The van der Waals surface area contributed by atoms with Crippen molar-refractivity contribution in [2.75, 3.05) is 0 Å². The van der Waals surface area contributed by atoms with Crippen molar-refractivity contribution in [1.82, 2.24) is 48.6 Å². The van der Waals surface area contributed by atoms with Crippen LogP contribution in [0.2, 0.25) is 5.28 Å². The van der Waals surface area contributed by atoms with E-state index in [9.17, 15) is 0 Å². The predicted molar refractivity (Wildman–Crippen MR) is 435 cm³/mol. The summed E-state index contributed by atoms with van der Waals surface area (Å²) in [7, 11) is 0. The topological polar surface area (TPSA) is 108 Å². The molecule has 0 fully saturated rings. The highest BCUT2D eigenvalue weighted by Gasteiger charge is 2.24. The fourth-order valence-corrected chi connectivity index (χ4v) is 15.6. The fourth-order valence-electron chi connectivity index (χ4n) is 15.5. The first-order valence-corrected chi connectivity index (χ1v) is 35.5. The highest BCUT2D eigenvalue weighted by atomic mass is 35.5. The SMILES string of the molecule is Clc1nc(-c2ccccc2)nc(-c2ccccc2)n1.c1ccc(-c2nc(-c3ccccc3)nc(-n3c4cc5ccccc5cc4c4cc5c6c7ccccc7ccc6n(-c6ccccc6)c5cc43)n2)cc1.c1ccc(-n2c3cc4[nH]c5cc6ccccc6cc5c4cc3c3c4ccccc4ccc32)cc1. The molecule has 0 radical (unpaired) electrons. The van der Waals surface area contributed by atoms with E-state index in [1.54, 1.807) is 0 Å². The Labute approximate surface area is 606 Å². The van der Waals surface area contributed by atoms with E-state index in [-0.39, 0.29) is 5.28 Å².